The van der Waals surface area contributed by atoms with Gasteiger partial charge in [0.25, 0.3) is 40.5 Å². The highest BCUT2D eigenvalue weighted by Crippen LogP contribution is 2.48. The molecule has 20 heteroatoms. The zero-order valence-electron chi connectivity index (χ0n) is 32.4. The number of unbranched alkanes of at least 4 members (excludes halogenated alkanes) is 3. The second-order valence-corrected chi connectivity index (χ2v) is 21.1. The maximum absolute atomic E-state index is 12.0. The van der Waals surface area contributed by atoms with Gasteiger partial charge >= 0.3 is 5.97 Å². The smallest absolute Gasteiger partial charge is 0.303 e. The minimum absolute atomic E-state index is 0.0491. The van der Waals surface area contributed by atoms with Crippen molar-refractivity contribution in [2.75, 3.05) is 29.5 Å². The molecule has 2 aliphatic heterocycles. The van der Waals surface area contributed by atoms with E-state index in [0.717, 1.165) is 12.0 Å². The van der Waals surface area contributed by atoms with Gasteiger partial charge in [0.05, 0.1) is 21.0 Å². The summed E-state index contributed by atoms with van der Waals surface area (Å²) in [5, 5.41) is 9.00. The third-order valence-corrected chi connectivity index (χ3v) is 13.3. The summed E-state index contributed by atoms with van der Waals surface area (Å²) in [6.45, 7) is 6.86. The van der Waals surface area contributed by atoms with Crippen LogP contribution >= 0.6 is 0 Å². The molecule has 0 amide bonds. The van der Waals surface area contributed by atoms with Crippen LogP contribution in [-0.2, 0) is 56.1 Å². The van der Waals surface area contributed by atoms with Gasteiger partial charge in [-0.3, -0.25) is 23.0 Å². The molecule has 0 aromatic heterocycles. The molecule has 5 N–H and O–H groups in total. The van der Waals surface area contributed by atoms with Crippen LogP contribution in [0.5, 0.6) is 0 Å². The fourth-order valence-corrected chi connectivity index (χ4v) is 9.07. The molecule has 16 nitrogen and oxygen atoms in total. The van der Waals surface area contributed by atoms with E-state index < -0.39 is 68.8 Å². The lowest BCUT2D eigenvalue weighted by Gasteiger charge is -2.26. The molecule has 0 fully saturated rings. The number of anilines is 1. The number of nitrogens with zero attached hydrogens (tertiary/aromatic N) is 2. The molecule has 2 aromatic carbocycles. The predicted octanol–water partition coefficient (Wildman–Crippen LogP) is 5.48. The molecule has 0 bridgehead atoms. The van der Waals surface area contributed by atoms with Gasteiger partial charge in [0.2, 0.25) is 5.69 Å². The number of allylic oxidation sites excluding steroid dienone is 8. The zero-order valence-corrected chi connectivity index (χ0v) is 35.7. The van der Waals surface area contributed by atoms with E-state index in [-0.39, 0.29) is 29.3 Å². The van der Waals surface area contributed by atoms with Crippen LogP contribution in [0.1, 0.15) is 77.3 Å². The second kappa shape index (κ2) is 17.7. The summed E-state index contributed by atoms with van der Waals surface area (Å²) in [6.07, 6.45) is 13.7. The summed E-state index contributed by atoms with van der Waals surface area (Å²) < 4.78 is 135. The largest absolute Gasteiger partial charge is 0.481 e. The third-order valence-electron chi connectivity index (χ3n) is 10.2. The van der Waals surface area contributed by atoms with Crippen molar-refractivity contribution >= 4 is 63.5 Å². The van der Waals surface area contributed by atoms with Crippen molar-refractivity contribution in [2.45, 2.75) is 86.8 Å². The van der Waals surface area contributed by atoms with Crippen molar-refractivity contribution in [2.24, 2.45) is 0 Å². The maximum atomic E-state index is 12.0. The Morgan fingerprint density at radius 1 is 0.724 bits per heavy atom. The fraction of sp³-hybridized carbons (Fsp3) is 0.421. The summed E-state index contributed by atoms with van der Waals surface area (Å²) in [7, 11) is -17.9. The zero-order chi connectivity index (χ0) is 43.5. The number of fused-ring (bicyclic) bond motifs is 2. The first kappa shape index (κ1) is 46.7. The first-order valence-corrected chi connectivity index (χ1v) is 24.3. The van der Waals surface area contributed by atoms with Gasteiger partial charge in [-0.15, -0.1) is 0 Å². The molecule has 2 heterocycles. The Morgan fingerprint density at radius 2 is 1.29 bits per heavy atom. The normalized spacial score (nSPS) is 17.8. The maximum Gasteiger partial charge on any atom is 0.303 e. The topological polar surface area (TPSA) is 261 Å². The molecule has 318 valence electrons. The van der Waals surface area contributed by atoms with Gasteiger partial charge in [0, 0.05) is 47.5 Å². The van der Waals surface area contributed by atoms with Gasteiger partial charge in [0.1, 0.15) is 5.75 Å². The van der Waals surface area contributed by atoms with Gasteiger partial charge in [-0.25, -0.2) is 0 Å². The molecule has 4 rings (SSSR count). The first-order valence-electron chi connectivity index (χ1n) is 18.2. The fourth-order valence-electron chi connectivity index (χ4n) is 7.23. The third kappa shape index (κ3) is 11.8. The highest BCUT2D eigenvalue weighted by Gasteiger charge is 2.45. The minimum Gasteiger partial charge on any atom is -0.481 e. The molecule has 0 spiro atoms. The van der Waals surface area contributed by atoms with Crippen LogP contribution in [0.25, 0.3) is 0 Å². The van der Waals surface area contributed by atoms with Crippen LogP contribution in [0, 0.1) is 0 Å². The van der Waals surface area contributed by atoms with Crippen LogP contribution in [0.4, 0.5) is 11.4 Å². The highest BCUT2D eigenvalue weighted by molar-refractivity contribution is 7.86. The molecule has 0 radical (unpaired) electrons. The Kier molecular flexibility index (Phi) is 14.2. The van der Waals surface area contributed by atoms with Gasteiger partial charge in [-0.1, -0.05) is 51.0 Å². The van der Waals surface area contributed by atoms with E-state index in [2.05, 4.69) is 0 Å². The molecule has 2 aromatic rings. The van der Waals surface area contributed by atoms with Gasteiger partial charge in [0.15, 0.2) is 12.3 Å². The Labute approximate surface area is 340 Å². The number of hydrogen-bond donors (Lipinski definition) is 5. The van der Waals surface area contributed by atoms with Crippen LogP contribution in [0.2, 0.25) is 0 Å². The predicted molar refractivity (Wildman–Crippen MR) is 218 cm³/mol. The molecule has 2 aliphatic rings. The summed E-state index contributed by atoms with van der Waals surface area (Å²) in [5.41, 5.74) is 2.11. The Balaban J connectivity index is 1.76. The van der Waals surface area contributed by atoms with Crippen LogP contribution < -0.4 is 4.90 Å². The summed E-state index contributed by atoms with van der Waals surface area (Å²) in [4.78, 5) is 11.9. The van der Waals surface area contributed by atoms with Gasteiger partial charge in [-0.2, -0.15) is 38.2 Å². The van der Waals surface area contributed by atoms with E-state index >= 15 is 0 Å². The van der Waals surface area contributed by atoms with E-state index in [4.69, 9.17) is 5.11 Å². The minimum atomic E-state index is -4.56. The number of aliphatic carboxylic acids is 1. The second-order valence-electron chi connectivity index (χ2n) is 15.1. The summed E-state index contributed by atoms with van der Waals surface area (Å²) in [5.74, 6) is -2.13. The number of benzene rings is 2. The number of carbonyl (C=O) groups is 1. The van der Waals surface area contributed by atoms with E-state index in [9.17, 15) is 56.7 Å². The first-order chi connectivity index (χ1) is 26.6. The lowest BCUT2D eigenvalue weighted by Crippen LogP contribution is -2.30. The molecule has 0 unspecified atom stereocenters. The number of carboxylic acid groups (broad SMARTS) is 1. The average molecular weight is 886 g/mol. The van der Waals surface area contributed by atoms with E-state index in [0.29, 0.717) is 59.6 Å². The van der Waals surface area contributed by atoms with E-state index in [1.165, 1.54) is 36.4 Å². The lowest BCUT2D eigenvalue weighted by molar-refractivity contribution is -0.432. The van der Waals surface area contributed by atoms with E-state index in [1.807, 2.05) is 12.2 Å². The Hall–Kier alpha value is -4.02. The SMILES string of the molecule is CC1(C)C(=CC=CC(=CC=CC2=[N+](CCS(=O)(=O)O)c3ccc(S(=O)(=O)O)cc3C2(C)C)CCCCCCC(=O)O)N(CCS(=O)(=O)O)c2ccc(S(=O)(=O)O)cc21. The van der Waals surface area contributed by atoms with Crippen molar-refractivity contribution in [3.05, 3.63) is 95.3 Å². The monoisotopic (exact) mass is 885 g/mol. The van der Waals surface area contributed by atoms with Crippen LogP contribution in [0.3, 0.4) is 0 Å². The average Bonchev–Trinajstić information content (AvgIpc) is 3.43. The Bertz CT molecular complexity index is 2550. The van der Waals surface area contributed by atoms with Crippen LogP contribution in [0.15, 0.2) is 93.9 Å². The standard InChI is InChI=1S/C38H48N2O14S4/c1-37(2)30-25-28(57(49,50)51)17-19-32(30)39(21-23-55(43,44)45)34(37)14-9-12-27(11-7-5-6-8-16-36(41)42)13-10-15-35-38(3,4)31-26-29(58(52,53)54)18-20-33(31)40(35)22-24-56(46,47)48/h9-10,12-15,17-20,25-26H,5-8,11,16,21-24H2,1-4H3,(H4-,41,42,43,44,45,46,47,48,49,50,51,52,53,54)/p+1. The molecular weight excluding hydrogens is 837 g/mol. The van der Waals surface area contributed by atoms with Crippen molar-refractivity contribution in [3.8, 4) is 0 Å². The molecule has 0 saturated carbocycles. The van der Waals surface area contributed by atoms with Gasteiger partial charge < -0.3 is 10.0 Å². The number of hydrogen-bond acceptors (Lipinski definition) is 10. The van der Waals surface area contributed by atoms with Crippen molar-refractivity contribution < 1.29 is 66.4 Å². The summed E-state index contributed by atoms with van der Waals surface area (Å²) >= 11 is 0. The molecule has 0 saturated heterocycles. The molecular formula is C38H49N2O14S4+. The van der Waals surface area contributed by atoms with Gasteiger partial charge in [-0.05, 0) is 80.7 Å². The summed E-state index contributed by atoms with van der Waals surface area (Å²) in [6, 6.07) is 7.95. The van der Waals surface area contributed by atoms with Crippen molar-refractivity contribution in [3.63, 3.8) is 0 Å². The van der Waals surface area contributed by atoms with Crippen LogP contribution in [-0.4, -0.2) is 97.8 Å². The quantitative estimate of drug-likeness (QED) is 0.0507. The molecule has 58 heavy (non-hydrogen) atoms. The van der Waals surface area contributed by atoms with E-state index in [1.54, 1.807) is 61.5 Å². The van der Waals surface area contributed by atoms with Crippen molar-refractivity contribution in [1.82, 2.24) is 0 Å². The lowest BCUT2D eigenvalue weighted by atomic mass is 9.81. The van der Waals surface area contributed by atoms with Crippen molar-refractivity contribution in [1.29, 1.82) is 0 Å². The Morgan fingerprint density at radius 3 is 1.86 bits per heavy atom. The molecule has 0 aliphatic carbocycles. The number of carboxylic acids is 1. The highest BCUT2D eigenvalue weighted by atomic mass is 32.2. The number of rotatable bonds is 19. The molecule has 0 atom stereocenters.